The number of benzene rings is 1. The van der Waals surface area contributed by atoms with Gasteiger partial charge in [-0.2, -0.15) is 8.78 Å². The highest BCUT2D eigenvalue weighted by atomic mass is 19.3. The fourth-order valence-corrected chi connectivity index (χ4v) is 2.92. The van der Waals surface area contributed by atoms with Crippen LogP contribution in [0.2, 0.25) is 0 Å². The van der Waals surface area contributed by atoms with Gasteiger partial charge in [0.05, 0.1) is 13.2 Å². The number of nitrogens with zero attached hydrogens (tertiary/aromatic N) is 5. The number of halogens is 4. The molecule has 0 aliphatic heterocycles. The highest BCUT2D eigenvalue weighted by molar-refractivity contribution is 5.86. The number of aliphatic hydroxyl groups is 1. The van der Waals surface area contributed by atoms with Crippen LogP contribution in [-0.4, -0.2) is 42.9 Å². The minimum atomic E-state index is -4.17. The molecule has 2 heterocycles. The predicted octanol–water partition coefficient (Wildman–Crippen LogP) is 2.60. The molecule has 1 unspecified atom stereocenters. The van der Waals surface area contributed by atoms with Crippen LogP contribution in [0.3, 0.4) is 0 Å². The summed E-state index contributed by atoms with van der Waals surface area (Å²) in [7, 11) is 0. The molecule has 2 aromatic heterocycles. The zero-order chi connectivity index (χ0) is 23.4. The van der Waals surface area contributed by atoms with E-state index in [2.05, 4.69) is 20.5 Å². The van der Waals surface area contributed by atoms with Gasteiger partial charge in [-0.1, -0.05) is 6.07 Å². The van der Waals surface area contributed by atoms with E-state index in [-0.39, 0.29) is 6.61 Å². The van der Waals surface area contributed by atoms with Crippen molar-refractivity contribution < 1.29 is 32.2 Å². The normalized spacial score (nSPS) is 13.8. The molecule has 0 saturated heterocycles. The SMILES string of the molecule is CCOC(=O)C=Cc1ccc(C(F)(F)C(O)(Cn2cnnn2)c2ccc(F)cc2F)nc1. The summed E-state index contributed by atoms with van der Waals surface area (Å²) in [6.07, 6.45) is 4.40. The second-order valence-electron chi connectivity index (χ2n) is 6.63. The first-order valence-electron chi connectivity index (χ1n) is 9.25. The first-order chi connectivity index (χ1) is 15.2. The largest absolute Gasteiger partial charge is 0.463 e. The molecule has 0 radical (unpaired) electrons. The third-order valence-corrected chi connectivity index (χ3v) is 4.48. The lowest BCUT2D eigenvalue weighted by atomic mass is 9.84. The van der Waals surface area contributed by atoms with Crippen LogP contribution in [0.5, 0.6) is 0 Å². The van der Waals surface area contributed by atoms with Crippen LogP contribution in [0.4, 0.5) is 17.6 Å². The fraction of sp³-hybridized carbons (Fsp3) is 0.250. The zero-order valence-corrected chi connectivity index (χ0v) is 16.6. The Morgan fingerprint density at radius 1 is 1.25 bits per heavy atom. The second kappa shape index (κ2) is 9.22. The van der Waals surface area contributed by atoms with E-state index in [9.17, 15) is 18.7 Å². The second-order valence-corrected chi connectivity index (χ2v) is 6.63. The van der Waals surface area contributed by atoms with E-state index in [1.54, 1.807) is 6.92 Å². The number of carbonyl (C=O) groups is 1. The minimum absolute atomic E-state index is 0.173. The van der Waals surface area contributed by atoms with E-state index in [1.807, 2.05) is 0 Å². The number of hydrogen-bond donors (Lipinski definition) is 1. The molecule has 0 aliphatic carbocycles. The fourth-order valence-electron chi connectivity index (χ4n) is 2.92. The van der Waals surface area contributed by atoms with Crippen molar-refractivity contribution in [3.05, 3.63) is 77.4 Å². The highest BCUT2D eigenvalue weighted by Crippen LogP contribution is 2.46. The van der Waals surface area contributed by atoms with Gasteiger partial charge in [-0.05, 0) is 47.2 Å². The molecule has 1 atom stereocenters. The number of alkyl halides is 2. The number of aromatic nitrogens is 5. The Hall–Kier alpha value is -3.67. The van der Waals surface area contributed by atoms with Gasteiger partial charge in [0, 0.05) is 23.9 Å². The van der Waals surface area contributed by atoms with Gasteiger partial charge in [-0.3, -0.25) is 4.98 Å². The van der Waals surface area contributed by atoms with E-state index in [0.29, 0.717) is 11.6 Å². The number of pyridine rings is 1. The summed E-state index contributed by atoms with van der Waals surface area (Å²) >= 11 is 0. The van der Waals surface area contributed by atoms with Crippen LogP contribution < -0.4 is 0 Å². The maximum Gasteiger partial charge on any atom is 0.330 e. The van der Waals surface area contributed by atoms with Gasteiger partial charge in [0.2, 0.25) is 0 Å². The Bertz CT molecular complexity index is 1110. The zero-order valence-electron chi connectivity index (χ0n) is 16.6. The molecule has 0 aliphatic rings. The molecule has 8 nitrogen and oxygen atoms in total. The molecule has 3 aromatic rings. The Morgan fingerprint density at radius 3 is 2.62 bits per heavy atom. The third kappa shape index (κ3) is 4.64. The lowest BCUT2D eigenvalue weighted by Crippen LogP contribution is -2.48. The summed E-state index contributed by atoms with van der Waals surface area (Å²) in [5.74, 6) is -7.17. The molecule has 168 valence electrons. The monoisotopic (exact) mass is 451 g/mol. The molecule has 1 aromatic carbocycles. The molecule has 32 heavy (non-hydrogen) atoms. The highest BCUT2D eigenvalue weighted by Gasteiger charge is 2.57. The smallest absolute Gasteiger partial charge is 0.330 e. The van der Waals surface area contributed by atoms with Crippen LogP contribution in [-0.2, 0) is 27.6 Å². The van der Waals surface area contributed by atoms with E-state index in [4.69, 9.17) is 4.74 Å². The van der Waals surface area contributed by atoms with Gasteiger partial charge in [0.15, 0.2) is 5.60 Å². The standard InChI is InChI=1S/C20H17F4N5O3/c1-2-32-18(30)8-4-13-3-7-17(25-10-13)20(23,24)19(31,11-29-12-26-27-28-29)15-6-5-14(21)9-16(15)22/h3-10,12,31H,2,11H2,1H3. The van der Waals surface area contributed by atoms with Crippen molar-refractivity contribution in [3.8, 4) is 0 Å². The van der Waals surface area contributed by atoms with Gasteiger partial charge in [0.1, 0.15) is 23.7 Å². The van der Waals surface area contributed by atoms with Gasteiger partial charge in [0.25, 0.3) is 0 Å². The Kier molecular flexibility index (Phi) is 6.63. The first kappa shape index (κ1) is 23.0. The van der Waals surface area contributed by atoms with E-state index < -0.39 is 46.9 Å². The molecule has 0 fully saturated rings. The molecule has 0 spiro atoms. The summed E-state index contributed by atoms with van der Waals surface area (Å²) in [4.78, 5) is 15.0. The Morgan fingerprint density at radius 2 is 2.03 bits per heavy atom. The number of hydrogen-bond acceptors (Lipinski definition) is 7. The van der Waals surface area contributed by atoms with Crippen LogP contribution in [0.15, 0.2) is 48.9 Å². The number of rotatable bonds is 8. The number of tetrazole rings is 1. The molecule has 12 heteroatoms. The molecule has 3 rings (SSSR count). The van der Waals surface area contributed by atoms with Gasteiger partial charge >= 0.3 is 11.9 Å². The van der Waals surface area contributed by atoms with Crippen molar-refractivity contribution in [3.63, 3.8) is 0 Å². The lowest BCUT2D eigenvalue weighted by Gasteiger charge is -2.35. The van der Waals surface area contributed by atoms with Crippen LogP contribution in [0, 0.1) is 11.6 Å². The van der Waals surface area contributed by atoms with Crippen molar-refractivity contribution in [2.24, 2.45) is 0 Å². The molecule has 0 amide bonds. The summed E-state index contributed by atoms with van der Waals surface area (Å²) in [6.45, 7) is 0.846. The number of carbonyl (C=O) groups excluding carboxylic acids is 1. The Balaban J connectivity index is 2.00. The summed E-state index contributed by atoms with van der Waals surface area (Å²) in [5.41, 5.74) is -4.69. The van der Waals surface area contributed by atoms with Crippen LogP contribution in [0.1, 0.15) is 23.7 Å². The average Bonchev–Trinajstić information content (AvgIpc) is 3.25. The summed E-state index contributed by atoms with van der Waals surface area (Å²) < 4.78 is 64.4. The maximum absolute atomic E-state index is 15.6. The Labute approximate surface area is 179 Å². The maximum atomic E-state index is 15.6. The molecular formula is C20H17F4N5O3. The van der Waals surface area contributed by atoms with E-state index in [0.717, 1.165) is 41.5 Å². The molecule has 0 saturated carbocycles. The van der Waals surface area contributed by atoms with Crippen molar-refractivity contribution in [2.45, 2.75) is 25.0 Å². The minimum Gasteiger partial charge on any atom is -0.463 e. The van der Waals surface area contributed by atoms with E-state index >= 15 is 8.78 Å². The van der Waals surface area contributed by atoms with Gasteiger partial charge in [-0.15, -0.1) is 5.10 Å². The average molecular weight is 451 g/mol. The number of ether oxygens (including phenoxy) is 1. The van der Waals surface area contributed by atoms with Crippen LogP contribution in [0.25, 0.3) is 6.08 Å². The topological polar surface area (TPSA) is 103 Å². The van der Waals surface area contributed by atoms with Crippen molar-refractivity contribution >= 4 is 12.0 Å². The lowest BCUT2D eigenvalue weighted by molar-refractivity contribution is -0.207. The molecule has 1 N–H and O–H groups in total. The summed E-state index contributed by atoms with van der Waals surface area (Å²) in [5, 5.41) is 21.1. The summed E-state index contributed by atoms with van der Waals surface area (Å²) in [6, 6.07) is 3.99. The van der Waals surface area contributed by atoms with Crippen molar-refractivity contribution in [2.75, 3.05) is 6.61 Å². The molecule has 0 bridgehead atoms. The first-order valence-corrected chi connectivity index (χ1v) is 9.25. The third-order valence-electron chi connectivity index (χ3n) is 4.48. The quantitative estimate of drug-likeness (QED) is 0.319. The van der Waals surface area contributed by atoms with Crippen molar-refractivity contribution in [1.82, 2.24) is 25.2 Å². The van der Waals surface area contributed by atoms with Gasteiger partial charge in [-0.25, -0.2) is 18.3 Å². The molecular weight excluding hydrogens is 434 g/mol. The van der Waals surface area contributed by atoms with Crippen LogP contribution >= 0.6 is 0 Å². The van der Waals surface area contributed by atoms with Crippen molar-refractivity contribution in [1.29, 1.82) is 0 Å². The predicted molar refractivity (Wildman–Crippen MR) is 102 cm³/mol. The van der Waals surface area contributed by atoms with E-state index in [1.165, 1.54) is 12.1 Å². The van der Waals surface area contributed by atoms with Gasteiger partial charge < -0.3 is 9.84 Å². The number of esters is 1.